The number of amides is 1. The van der Waals surface area contributed by atoms with Crippen LogP contribution >= 0.6 is 0 Å². The predicted octanol–water partition coefficient (Wildman–Crippen LogP) is 3.50. The van der Waals surface area contributed by atoms with Gasteiger partial charge in [0.2, 0.25) is 0 Å². The van der Waals surface area contributed by atoms with E-state index in [0.717, 1.165) is 32.0 Å². The van der Waals surface area contributed by atoms with E-state index in [-0.39, 0.29) is 23.0 Å². The van der Waals surface area contributed by atoms with Crippen LogP contribution in [-0.4, -0.2) is 30.8 Å². The zero-order valence-corrected chi connectivity index (χ0v) is 14.9. The van der Waals surface area contributed by atoms with Gasteiger partial charge in [-0.3, -0.25) is 4.79 Å². The van der Waals surface area contributed by atoms with E-state index in [1.54, 1.807) is 13.8 Å². The molecule has 0 saturated heterocycles. The Bertz CT molecular complexity index is 411. The number of hydrogen-bond donors (Lipinski definition) is 1. The molecule has 1 unspecified atom stereocenters. The number of nitrogens with one attached hydrogen (secondary N) is 1. The first-order chi connectivity index (χ1) is 10.8. The second-order valence-electron chi connectivity index (χ2n) is 7.41. The molecule has 1 amide bonds. The van der Waals surface area contributed by atoms with Crippen LogP contribution < -0.4 is 5.32 Å². The fourth-order valence-corrected chi connectivity index (χ4v) is 3.20. The topological polar surface area (TPSA) is 72.5 Å². The molecule has 23 heavy (non-hydrogen) atoms. The zero-order chi connectivity index (χ0) is 17.5. The van der Waals surface area contributed by atoms with Crippen molar-refractivity contribution in [1.29, 1.82) is 0 Å². The fraction of sp³-hybridized carbons (Fsp3) is 0.833. The molecular weight excluding hydrogens is 294 g/mol. The largest absolute Gasteiger partial charge is 0.438 e. The number of rotatable bonds is 8. The van der Waals surface area contributed by atoms with Crippen molar-refractivity contribution in [2.75, 3.05) is 6.54 Å². The Labute approximate surface area is 139 Å². The van der Waals surface area contributed by atoms with Gasteiger partial charge < -0.3 is 14.8 Å². The lowest BCUT2D eigenvalue weighted by atomic mass is 9.72. The number of carbonyl (C=O) groups excluding carboxylic acids is 3. The molecule has 0 radical (unpaired) electrons. The molecule has 0 bridgehead atoms. The monoisotopic (exact) mass is 325 g/mol. The lowest BCUT2D eigenvalue weighted by molar-refractivity contribution is -0.132. The van der Waals surface area contributed by atoms with E-state index >= 15 is 0 Å². The van der Waals surface area contributed by atoms with Gasteiger partial charge in [-0.05, 0) is 24.2 Å². The van der Waals surface area contributed by atoms with Crippen molar-refractivity contribution in [2.24, 2.45) is 17.3 Å². The molecule has 132 valence electrons. The zero-order valence-electron chi connectivity index (χ0n) is 14.9. The first kappa shape index (κ1) is 19.7. The fourth-order valence-electron chi connectivity index (χ4n) is 3.20. The van der Waals surface area contributed by atoms with Gasteiger partial charge in [0.15, 0.2) is 11.9 Å². The molecule has 5 heteroatoms. The lowest BCUT2D eigenvalue weighted by Gasteiger charge is -2.36. The van der Waals surface area contributed by atoms with Crippen molar-refractivity contribution >= 4 is 18.2 Å². The van der Waals surface area contributed by atoms with Crippen molar-refractivity contribution in [3.05, 3.63) is 0 Å². The summed E-state index contributed by atoms with van der Waals surface area (Å²) in [5.41, 5.74) is -0.144. The van der Waals surface area contributed by atoms with Crippen LogP contribution in [0.25, 0.3) is 0 Å². The SMILES string of the molecule is CC(C)C(=O)C(OC(=O)NCC1(CC=O)CCCCC1)C(C)C. The number of ether oxygens (including phenoxy) is 1. The summed E-state index contributed by atoms with van der Waals surface area (Å²) in [5, 5.41) is 2.78. The number of alkyl carbamates (subject to hydrolysis) is 1. The minimum Gasteiger partial charge on any atom is -0.438 e. The molecule has 0 aromatic carbocycles. The van der Waals surface area contributed by atoms with Gasteiger partial charge >= 0.3 is 6.09 Å². The van der Waals surface area contributed by atoms with E-state index in [4.69, 9.17) is 4.74 Å². The second kappa shape index (κ2) is 9.04. The molecule has 0 aromatic rings. The van der Waals surface area contributed by atoms with Crippen LogP contribution in [0.15, 0.2) is 0 Å². The molecule has 0 spiro atoms. The maximum atomic E-state index is 12.1. The molecule has 5 nitrogen and oxygen atoms in total. The summed E-state index contributed by atoms with van der Waals surface area (Å²) in [6.07, 6.45) is 5.38. The standard InChI is InChI=1S/C18H31NO4/c1-13(2)15(21)16(14(3)4)23-17(22)19-12-18(10-11-20)8-6-5-7-9-18/h11,13-14,16H,5-10,12H2,1-4H3,(H,19,22). The molecule has 1 N–H and O–H groups in total. The number of Topliss-reactive ketones (excluding diaryl/α,β-unsaturated/α-hetero) is 1. The third-order valence-corrected chi connectivity index (χ3v) is 4.73. The summed E-state index contributed by atoms with van der Waals surface area (Å²) in [7, 11) is 0. The highest BCUT2D eigenvalue weighted by Gasteiger charge is 2.33. The van der Waals surface area contributed by atoms with E-state index in [2.05, 4.69) is 5.32 Å². The Morgan fingerprint density at radius 1 is 1.13 bits per heavy atom. The first-order valence-electron chi connectivity index (χ1n) is 8.73. The van der Waals surface area contributed by atoms with Crippen LogP contribution in [-0.2, 0) is 14.3 Å². The molecule has 1 saturated carbocycles. The van der Waals surface area contributed by atoms with E-state index in [1.165, 1.54) is 6.42 Å². The van der Waals surface area contributed by atoms with Crippen LogP contribution in [0.2, 0.25) is 0 Å². The lowest BCUT2D eigenvalue weighted by Crippen LogP contribution is -2.43. The summed E-state index contributed by atoms with van der Waals surface area (Å²) in [6.45, 7) is 7.78. The van der Waals surface area contributed by atoms with Gasteiger partial charge in [-0.2, -0.15) is 0 Å². The number of ketones is 1. The molecule has 0 aliphatic heterocycles. The number of hydrogen-bond acceptors (Lipinski definition) is 4. The van der Waals surface area contributed by atoms with E-state index < -0.39 is 12.2 Å². The van der Waals surface area contributed by atoms with Crippen LogP contribution in [0.4, 0.5) is 4.79 Å². The van der Waals surface area contributed by atoms with Gasteiger partial charge in [0, 0.05) is 18.9 Å². The quantitative estimate of drug-likeness (QED) is 0.693. The highest BCUT2D eigenvalue weighted by molar-refractivity contribution is 5.87. The molecule has 1 fully saturated rings. The molecule has 1 atom stereocenters. The average molecular weight is 325 g/mol. The van der Waals surface area contributed by atoms with Crippen molar-refractivity contribution in [2.45, 2.75) is 72.3 Å². The third-order valence-electron chi connectivity index (χ3n) is 4.73. The predicted molar refractivity (Wildman–Crippen MR) is 89.2 cm³/mol. The normalized spacial score (nSPS) is 18.5. The Morgan fingerprint density at radius 2 is 1.74 bits per heavy atom. The number of aldehydes is 1. The van der Waals surface area contributed by atoms with Crippen molar-refractivity contribution < 1.29 is 19.1 Å². The maximum absolute atomic E-state index is 12.1. The van der Waals surface area contributed by atoms with E-state index in [9.17, 15) is 14.4 Å². The highest BCUT2D eigenvalue weighted by atomic mass is 16.6. The third kappa shape index (κ3) is 5.96. The smallest absolute Gasteiger partial charge is 0.407 e. The minimum absolute atomic E-state index is 0.0598. The maximum Gasteiger partial charge on any atom is 0.407 e. The summed E-state index contributed by atoms with van der Waals surface area (Å²) in [6, 6.07) is 0. The van der Waals surface area contributed by atoms with Crippen molar-refractivity contribution in [1.82, 2.24) is 5.32 Å². The van der Waals surface area contributed by atoms with Crippen LogP contribution in [0.1, 0.15) is 66.2 Å². The van der Waals surface area contributed by atoms with Crippen LogP contribution in [0, 0.1) is 17.3 Å². The summed E-state index contributed by atoms with van der Waals surface area (Å²) in [5.74, 6) is -0.292. The van der Waals surface area contributed by atoms with Gasteiger partial charge in [-0.25, -0.2) is 4.79 Å². The molecule has 1 aliphatic rings. The van der Waals surface area contributed by atoms with Crippen LogP contribution in [0.3, 0.4) is 0 Å². The van der Waals surface area contributed by atoms with Crippen molar-refractivity contribution in [3.8, 4) is 0 Å². The van der Waals surface area contributed by atoms with E-state index in [0.29, 0.717) is 13.0 Å². The van der Waals surface area contributed by atoms with Gasteiger partial charge in [-0.1, -0.05) is 47.0 Å². The molecule has 0 heterocycles. The Morgan fingerprint density at radius 3 is 2.22 bits per heavy atom. The Hall–Kier alpha value is -1.39. The molecular formula is C18H31NO4. The van der Waals surface area contributed by atoms with Gasteiger partial charge in [-0.15, -0.1) is 0 Å². The average Bonchev–Trinajstić information content (AvgIpc) is 2.51. The second-order valence-corrected chi connectivity index (χ2v) is 7.41. The van der Waals surface area contributed by atoms with Gasteiger partial charge in [0.05, 0.1) is 0 Å². The molecule has 1 rings (SSSR count). The Balaban J connectivity index is 2.59. The van der Waals surface area contributed by atoms with E-state index in [1.807, 2.05) is 13.8 Å². The van der Waals surface area contributed by atoms with Gasteiger partial charge in [0.1, 0.15) is 6.29 Å². The summed E-state index contributed by atoms with van der Waals surface area (Å²) in [4.78, 5) is 35.2. The van der Waals surface area contributed by atoms with Crippen molar-refractivity contribution in [3.63, 3.8) is 0 Å². The molecule has 0 aromatic heterocycles. The Kier molecular flexibility index (Phi) is 7.73. The highest BCUT2D eigenvalue weighted by Crippen LogP contribution is 2.38. The van der Waals surface area contributed by atoms with Gasteiger partial charge in [0.25, 0.3) is 0 Å². The number of carbonyl (C=O) groups is 3. The first-order valence-corrected chi connectivity index (χ1v) is 8.73. The van der Waals surface area contributed by atoms with Crippen LogP contribution in [0.5, 0.6) is 0 Å². The summed E-state index contributed by atoms with van der Waals surface area (Å²) < 4.78 is 5.36. The molecule has 1 aliphatic carbocycles. The minimum atomic E-state index is -0.719. The summed E-state index contributed by atoms with van der Waals surface area (Å²) >= 11 is 0.